The van der Waals surface area contributed by atoms with Crippen molar-refractivity contribution in [3.8, 4) is 0 Å². The van der Waals surface area contributed by atoms with Crippen LogP contribution in [-0.4, -0.2) is 18.3 Å². The maximum absolute atomic E-state index is 12.9. The van der Waals surface area contributed by atoms with Crippen molar-refractivity contribution in [1.82, 2.24) is 0 Å². The van der Waals surface area contributed by atoms with Crippen molar-refractivity contribution in [2.75, 3.05) is 0 Å². The van der Waals surface area contributed by atoms with E-state index in [1.165, 1.54) is 30.3 Å². The molecule has 0 spiro atoms. The molecule has 6 heteroatoms. The minimum Gasteiger partial charge on any atom is -0.231 e. The third-order valence-electron chi connectivity index (χ3n) is 1.94. The number of rotatable bonds is 3. The van der Waals surface area contributed by atoms with E-state index in [0.717, 1.165) is 0 Å². The summed E-state index contributed by atoms with van der Waals surface area (Å²) in [5.41, 5.74) is -0.0422. The van der Waals surface area contributed by atoms with Gasteiger partial charge >= 0.3 is 6.18 Å². The van der Waals surface area contributed by atoms with E-state index in [9.17, 15) is 26.3 Å². The summed E-state index contributed by atoms with van der Waals surface area (Å²) < 4.78 is 73.7. The first-order valence-corrected chi connectivity index (χ1v) is 4.36. The van der Waals surface area contributed by atoms with Crippen LogP contribution in [0.4, 0.5) is 26.3 Å². The Kier molecular flexibility index (Phi) is 3.50. The van der Waals surface area contributed by atoms with E-state index in [-0.39, 0.29) is 5.56 Å². The summed E-state index contributed by atoms with van der Waals surface area (Å²) in [4.78, 5) is 0. The summed E-state index contributed by atoms with van der Waals surface area (Å²) in [6, 6.07) is 6.75. The SMILES string of the molecule is FC(C(F)(F)F)C(F)(F)Cc1ccccc1. The summed E-state index contributed by atoms with van der Waals surface area (Å²) in [6.07, 6.45) is -11.0. The molecule has 16 heavy (non-hydrogen) atoms. The van der Waals surface area contributed by atoms with Crippen molar-refractivity contribution < 1.29 is 26.3 Å². The highest BCUT2D eigenvalue weighted by molar-refractivity contribution is 5.16. The zero-order valence-corrected chi connectivity index (χ0v) is 7.94. The second kappa shape index (κ2) is 4.35. The van der Waals surface area contributed by atoms with Gasteiger partial charge in [-0.2, -0.15) is 13.2 Å². The van der Waals surface area contributed by atoms with Crippen molar-refractivity contribution in [3.63, 3.8) is 0 Å². The highest BCUT2D eigenvalue weighted by Crippen LogP contribution is 2.36. The van der Waals surface area contributed by atoms with Crippen molar-refractivity contribution in [2.45, 2.75) is 24.7 Å². The van der Waals surface area contributed by atoms with Gasteiger partial charge in [0, 0.05) is 6.42 Å². The van der Waals surface area contributed by atoms with Crippen molar-refractivity contribution >= 4 is 0 Å². The van der Waals surface area contributed by atoms with Crippen LogP contribution in [0.15, 0.2) is 30.3 Å². The molecular formula is C10H8F6. The van der Waals surface area contributed by atoms with E-state index >= 15 is 0 Å². The molecule has 0 fully saturated rings. The van der Waals surface area contributed by atoms with E-state index in [1.807, 2.05) is 0 Å². The molecule has 90 valence electrons. The van der Waals surface area contributed by atoms with Crippen LogP contribution < -0.4 is 0 Å². The lowest BCUT2D eigenvalue weighted by Crippen LogP contribution is -2.43. The lowest BCUT2D eigenvalue weighted by Gasteiger charge is -2.22. The zero-order valence-electron chi connectivity index (χ0n) is 7.94. The second-order valence-corrected chi connectivity index (χ2v) is 3.33. The minimum absolute atomic E-state index is 0.0422. The first-order chi connectivity index (χ1) is 7.23. The molecule has 0 aromatic heterocycles. The normalized spacial score (nSPS) is 14.9. The zero-order chi connectivity index (χ0) is 12.4. The average molecular weight is 242 g/mol. The molecule has 1 atom stereocenters. The number of alkyl halides is 6. The summed E-state index contributed by atoms with van der Waals surface area (Å²) in [6.45, 7) is 0. The smallest absolute Gasteiger partial charge is 0.231 e. The van der Waals surface area contributed by atoms with E-state index < -0.39 is 24.7 Å². The largest absolute Gasteiger partial charge is 0.425 e. The second-order valence-electron chi connectivity index (χ2n) is 3.33. The summed E-state index contributed by atoms with van der Waals surface area (Å²) in [5, 5.41) is 0. The maximum Gasteiger partial charge on any atom is 0.425 e. The first kappa shape index (κ1) is 12.9. The molecule has 1 unspecified atom stereocenters. The number of hydrogen-bond acceptors (Lipinski definition) is 0. The minimum atomic E-state index is -5.54. The summed E-state index contributed by atoms with van der Waals surface area (Å²) in [5.74, 6) is -4.44. The van der Waals surface area contributed by atoms with E-state index in [1.54, 1.807) is 0 Å². The number of hydrogen-bond donors (Lipinski definition) is 0. The molecule has 0 aliphatic rings. The molecule has 0 bridgehead atoms. The van der Waals surface area contributed by atoms with Crippen molar-refractivity contribution in [3.05, 3.63) is 35.9 Å². The Morgan fingerprint density at radius 2 is 1.44 bits per heavy atom. The Morgan fingerprint density at radius 3 is 1.88 bits per heavy atom. The quantitative estimate of drug-likeness (QED) is 0.708. The van der Waals surface area contributed by atoms with E-state index in [4.69, 9.17) is 0 Å². The summed E-state index contributed by atoms with van der Waals surface area (Å²) in [7, 11) is 0. The molecule has 0 radical (unpaired) electrons. The third-order valence-corrected chi connectivity index (χ3v) is 1.94. The topological polar surface area (TPSA) is 0 Å². The standard InChI is InChI=1S/C10H8F6/c11-8(10(14,15)16)9(12,13)6-7-4-2-1-3-5-7/h1-5,8H,6H2. The molecule has 1 rings (SSSR count). The van der Waals surface area contributed by atoms with Crippen LogP contribution >= 0.6 is 0 Å². The van der Waals surface area contributed by atoms with Crippen molar-refractivity contribution in [2.24, 2.45) is 0 Å². The Labute approximate surface area is 87.9 Å². The highest BCUT2D eigenvalue weighted by atomic mass is 19.4. The molecule has 1 aromatic carbocycles. The van der Waals surface area contributed by atoms with Gasteiger partial charge in [0.15, 0.2) is 0 Å². The van der Waals surface area contributed by atoms with E-state index in [0.29, 0.717) is 0 Å². The molecule has 0 N–H and O–H groups in total. The Hall–Kier alpha value is -1.20. The van der Waals surface area contributed by atoms with E-state index in [2.05, 4.69) is 0 Å². The van der Waals surface area contributed by atoms with Gasteiger partial charge in [0.25, 0.3) is 12.1 Å². The molecule has 0 amide bonds. The molecule has 1 aromatic rings. The fraction of sp³-hybridized carbons (Fsp3) is 0.400. The first-order valence-electron chi connectivity index (χ1n) is 4.36. The average Bonchev–Trinajstić information content (AvgIpc) is 2.16. The number of benzene rings is 1. The fourth-order valence-corrected chi connectivity index (χ4v) is 1.20. The van der Waals surface area contributed by atoms with Gasteiger partial charge in [-0.05, 0) is 5.56 Å². The molecule has 0 saturated carbocycles. The van der Waals surface area contributed by atoms with Gasteiger partial charge in [-0.15, -0.1) is 0 Å². The third kappa shape index (κ3) is 3.15. The Balaban J connectivity index is 2.80. The van der Waals surface area contributed by atoms with Crippen LogP contribution in [0, 0.1) is 0 Å². The van der Waals surface area contributed by atoms with Crippen molar-refractivity contribution in [1.29, 1.82) is 0 Å². The lowest BCUT2D eigenvalue weighted by atomic mass is 10.0. The highest BCUT2D eigenvalue weighted by Gasteiger charge is 2.56. The molecular weight excluding hydrogens is 234 g/mol. The monoisotopic (exact) mass is 242 g/mol. The number of halogens is 6. The van der Waals surface area contributed by atoms with Gasteiger partial charge in [-0.3, -0.25) is 0 Å². The van der Waals surface area contributed by atoms with Crippen LogP contribution in [0.2, 0.25) is 0 Å². The molecule has 0 nitrogen and oxygen atoms in total. The van der Waals surface area contributed by atoms with Gasteiger partial charge in [0.1, 0.15) is 0 Å². The van der Waals surface area contributed by atoms with Crippen LogP contribution in [0.5, 0.6) is 0 Å². The van der Waals surface area contributed by atoms with Crippen LogP contribution in [0.3, 0.4) is 0 Å². The molecule has 0 heterocycles. The molecule has 0 saturated heterocycles. The summed E-state index contributed by atoms with van der Waals surface area (Å²) >= 11 is 0. The predicted octanol–water partition coefficient (Wildman–Crippen LogP) is 3.76. The van der Waals surface area contributed by atoms with Crippen LogP contribution in [0.25, 0.3) is 0 Å². The van der Waals surface area contributed by atoms with Gasteiger partial charge < -0.3 is 0 Å². The molecule has 0 aliphatic carbocycles. The van der Waals surface area contributed by atoms with Gasteiger partial charge in [0.05, 0.1) is 0 Å². The predicted molar refractivity (Wildman–Crippen MR) is 46.0 cm³/mol. The van der Waals surface area contributed by atoms with Gasteiger partial charge in [-0.25, -0.2) is 13.2 Å². The fourth-order valence-electron chi connectivity index (χ4n) is 1.20. The Bertz CT molecular complexity index is 329. The lowest BCUT2D eigenvalue weighted by molar-refractivity contribution is -0.243. The van der Waals surface area contributed by atoms with Gasteiger partial charge in [0.2, 0.25) is 0 Å². The maximum atomic E-state index is 12.9. The molecule has 0 aliphatic heterocycles. The van der Waals surface area contributed by atoms with Crippen LogP contribution in [-0.2, 0) is 6.42 Å². The van der Waals surface area contributed by atoms with Crippen LogP contribution in [0.1, 0.15) is 5.56 Å². The van der Waals surface area contributed by atoms with Gasteiger partial charge in [-0.1, -0.05) is 30.3 Å². The Morgan fingerprint density at radius 1 is 0.938 bits per heavy atom.